The molecular formula is C12H23N3O2. The van der Waals surface area contributed by atoms with E-state index in [1.165, 1.54) is 0 Å². The Morgan fingerprint density at radius 3 is 2.29 bits per heavy atom. The lowest BCUT2D eigenvalue weighted by Crippen LogP contribution is -2.42. The van der Waals surface area contributed by atoms with E-state index in [1.807, 2.05) is 13.8 Å². The number of carbonyl (C=O) groups excluding carboxylic acids is 2. The van der Waals surface area contributed by atoms with Crippen LogP contribution in [0, 0.1) is 0 Å². The van der Waals surface area contributed by atoms with Crippen LogP contribution in [0.5, 0.6) is 0 Å². The summed E-state index contributed by atoms with van der Waals surface area (Å²) in [7, 11) is 1.76. The van der Waals surface area contributed by atoms with E-state index in [2.05, 4.69) is 11.9 Å². The van der Waals surface area contributed by atoms with E-state index in [-0.39, 0.29) is 24.9 Å². The van der Waals surface area contributed by atoms with Gasteiger partial charge in [0.15, 0.2) is 0 Å². The van der Waals surface area contributed by atoms with Gasteiger partial charge >= 0.3 is 0 Å². The van der Waals surface area contributed by atoms with Gasteiger partial charge < -0.3 is 10.2 Å². The number of hydrogen-bond donors (Lipinski definition) is 1. The van der Waals surface area contributed by atoms with E-state index in [4.69, 9.17) is 0 Å². The number of nitrogens with one attached hydrogen (secondary N) is 1. The first-order valence-corrected chi connectivity index (χ1v) is 5.89. The van der Waals surface area contributed by atoms with Crippen LogP contribution in [-0.2, 0) is 9.59 Å². The van der Waals surface area contributed by atoms with Crippen molar-refractivity contribution in [1.29, 1.82) is 0 Å². The van der Waals surface area contributed by atoms with Crippen LogP contribution >= 0.6 is 0 Å². The van der Waals surface area contributed by atoms with Crippen molar-refractivity contribution in [1.82, 2.24) is 15.1 Å². The molecule has 0 spiro atoms. The molecule has 0 aliphatic heterocycles. The Hall–Kier alpha value is -1.36. The van der Waals surface area contributed by atoms with Gasteiger partial charge in [-0.25, -0.2) is 0 Å². The molecule has 0 unspecified atom stereocenters. The minimum absolute atomic E-state index is 0.0500. The second-order valence-electron chi connectivity index (χ2n) is 3.83. The van der Waals surface area contributed by atoms with Crippen molar-refractivity contribution in [2.75, 3.05) is 39.8 Å². The highest BCUT2D eigenvalue weighted by Crippen LogP contribution is 1.92. The molecule has 0 aromatic heterocycles. The highest BCUT2D eigenvalue weighted by Gasteiger charge is 2.13. The third-order valence-corrected chi connectivity index (χ3v) is 2.38. The van der Waals surface area contributed by atoms with Crippen molar-refractivity contribution in [3.05, 3.63) is 12.7 Å². The fraction of sp³-hybridized carbons (Fsp3) is 0.667. The molecule has 0 aliphatic rings. The van der Waals surface area contributed by atoms with Gasteiger partial charge in [-0.15, -0.1) is 6.58 Å². The molecule has 2 amide bonds. The Labute approximate surface area is 103 Å². The largest absolute Gasteiger partial charge is 0.352 e. The number of nitrogens with zero attached hydrogens (tertiary/aromatic N) is 2. The zero-order chi connectivity index (χ0) is 13.3. The predicted octanol–water partition coefficient (Wildman–Crippen LogP) is 0.0888. The van der Waals surface area contributed by atoms with E-state index in [0.717, 1.165) is 0 Å². The van der Waals surface area contributed by atoms with Crippen molar-refractivity contribution in [3.63, 3.8) is 0 Å². The number of carbonyl (C=O) groups is 2. The van der Waals surface area contributed by atoms with Gasteiger partial charge in [0.1, 0.15) is 0 Å². The Bertz CT molecular complexity index is 262. The van der Waals surface area contributed by atoms with Gasteiger partial charge in [-0.1, -0.05) is 6.08 Å². The van der Waals surface area contributed by atoms with Crippen LogP contribution in [0.25, 0.3) is 0 Å². The minimum atomic E-state index is -0.0975. The first-order chi connectivity index (χ1) is 8.04. The summed E-state index contributed by atoms with van der Waals surface area (Å²) in [6.07, 6.45) is 1.62. The second-order valence-corrected chi connectivity index (χ2v) is 3.83. The van der Waals surface area contributed by atoms with Crippen LogP contribution in [0.2, 0.25) is 0 Å². The monoisotopic (exact) mass is 241 g/mol. The first kappa shape index (κ1) is 15.6. The van der Waals surface area contributed by atoms with Gasteiger partial charge in [-0.05, 0) is 20.9 Å². The van der Waals surface area contributed by atoms with Gasteiger partial charge in [0.25, 0.3) is 0 Å². The van der Waals surface area contributed by atoms with Crippen molar-refractivity contribution in [2.24, 2.45) is 0 Å². The average molecular weight is 241 g/mol. The Kier molecular flexibility index (Phi) is 8.05. The van der Waals surface area contributed by atoms with E-state index in [9.17, 15) is 9.59 Å². The van der Waals surface area contributed by atoms with Gasteiger partial charge in [-0.3, -0.25) is 14.5 Å². The van der Waals surface area contributed by atoms with Crippen molar-refractivity contribution in [2.45, 2.75) is 13.8 Å². The summed E-state index contributed by atoms with van der Waals surface area (Å²) in [5.41, 5.74) is 0. The quantitative estimate of drug-likeness (QED) is 0.613. The molecule has 0 fully saturated rings. The minimum Gasteiger partial charge on any atom is -0.352 e. The lowest BCUT2D eigenvalue weighted by molar-refractivity contribution is -0.132. The molecule has 1 N–H and O–H groups in total. The molecule has 5 nitrogen and oxygen atoms in total. The summed E-state index contributed by atoms with van der Waals surface area (Å²) >= 11 is 0. The van der Waals surface area contributed by atoms with Crippen LogP contribution in [-0.4, -0.2) is 61.4 Å². The maximum atomic E-state index is 11.7. The Balaban J connectivity index is 3.99. The third-order valence-electron chi connectivity index (χ3n) is 2.38. The lowest BCUT2D eigenvalue weighted by atomic mass is 10.4. The van der Waals surface area contributed by atoms with E-state index >= 15 is 0 Å². The zero-order valence-electron chi connectivity index (χ0n) is 11.0. The molecule has 0 aromatic carbocycles. The van der Waals surface area contributed by atoms with Crippen LogP contribution < -0.4 is 5.32 Å². The zero-order valence-corrected chi connectivity index (χ0v) is 11.0. The highest BCUT2D eigenvalue weighted by molar-refractivity contribution is 5.81. The number of rotatable bonds is 8. The molecule has 0 atom stereocenters. The second kappa shape index (κ2) is 8.75. The molecule has 0 aliphatic carbocycles. The molecule has 5 heteroatoms. The maximum absolute atomic E-state index is 11.7. The normalized spacial score (nSPS) is 10.1. The smallest absolute Gasteiger partial charge is 0.236 e. The average Bonchev–Trinajstić information content (AvgIpc) is 2.27. The van der Waals surface area contributed by atoms with Crippen molar-refractivity contribution in [3.8, 4) is 0 Å². The van der Waals surface area contributed by atoms with Crippen molar-refractivity contribution < 1.29 is 9.59 Å². The molecule has 0 saturated heterocycles. The molecular weight excluding hydrogens is 218 g/mol. The SMILES string of the molecule is C=CCNC(=O)CN(C)CC(=O)N(CC)CC. The number of hydrogen-bond acceptors (Lipinski definition) is 3. The summed E-state index contributed by atoms with van der Waals surface area (Å²) in [5, 5.41) is 2.67. The topological polar surface area (TPSA) is 52.7 Å². The molecule has 0 radical (unpaired) electrons. The predicted molar refractivity (Wildman–Crippen MR) is 68.6 cm³/mol. The molecule has 0 saturated carbocycles. The third kappa shape index (κ3) is 6.73. The summed E-state index contributed by atoms with van der Waals surface area (Å²) in [6.45, 7) is 9.75. The van der Waals surface area contributed by atoms with E-state index in [1.54, 1.807) is 22.9 Å². The van der Waals surface area contributed by atoms with E-state index in [0.29, 0.717) is 19.6 Å². The fourth-order valence-electron chi connectivity index (χ4n) is 1.45. The maximum Gasteiger partial charge on any atom is 0.236 e. The van der Waals surface area contributed by atoms with Crippen LogP contribution in [0.15, 0.2) is 12.7 Å². The standard InChI is InChI=1S/C12H23N3O2/c1-5-8-13-11(16)9-14(4)10-12(17)15(6-2)7-3/h5H,1,6-10H2,2-4H3,(H,13,16). The molecule has 0 bridgehead atoms. The van der Waals surface area contributed by atoms with E-state index < -0.39 is 0 Å². The fourth-order valence-corrected chi connectivity index (χ4v) is 1.45. The van der Waals surface area contributed by atoms with Crippen LogP contribution in [0.3, 0.4) is 0 Å². The van der Waals surface area contributed by atoms with Crippen LogP contribution in [0.1, 0.15) is 13.8 Å². The van der Waals surface area contributed by atoms with Gasteiger partial charge in [0, 0.05) is 19.6 Å². The molecule has 0 heterocycles. The summed E-state index contributed by atoms with van der Waals surface area (Å²) < 4.78 is 0. The van der Waals surface area contributed by atoms with Crippen molar-refractivity contribution >= 4 is 11.8 Å². The molecule has 0 aromatic rings. The Morgan fingerprint density at radius 2 is 1.82 bits per heavy atom. The van der Waals surface area contributed by atoms with Gasteiger partial charge in [0.05, 0.1) is 13.1 Å². The van der Waals surface area contributed by atoms with Gasteiger partial charge in [0.2, 0.25) is 11.8 Å². The summed E-state index contributed by atoms with van der Waals surface area (Å²) in [4.78, 5) is 26.6. The summed E-state index contributed by atoms with van der Waals surface area (Å²) in [5.74, 6) is -0.0474. The van der Waals surface area contributed by atoms with Gasteiger partial charge in [-0.2, -0.15) is 0 Å². The molecule has 98 valence electrons. The number of likely N-dealkylation sites (N-methyl/N-ethyl adjacent to an activating group) is 2. The lowest BCUT2D eigenvalue weighted by Gasteiger charge is -2.22. The first-order valence-electron chi connectivity index (χ1n) is 5.89. The molecule has 0 rings (SSSR count). The number of amides is 2. The van der Waals surface area contributed by atoms with Crippen LogP contribution in [0.4, 0.5) is 0 Å². The summed E-state index contributed by atoms with van der Waals surface area (Å²) in [6, 6.07) is 0. The highest BCUT2D eigenvalue weighted by atomic mass is 16.2. The Morgan fingerprint density at radius 1 is 1.24 bits per heavy atom. The molecule has 17 heavy (non-hydrogen) atoms.